The predicted octanol–water partition coefficient (Wildman–Crippen LogP) is 3.10. The van der Waals surface area contributed by atoms with Crippen molar-refractivity contribution in [1.29, 1.82) is 0 Å². The normalized spacial score (nSPS) is 12.3. The van der Waals surface area contributed by atoms with Crippen molar-refractivity contribution in [2.24, 2.45) is 0 Å². The van der Waals surface area contributed by atoms with Gasteiger partial charge in [-0.2, -0.15) is 0 Å². The van der Waals surface area contributed by atoms with Gasteiger partial charge >= 0.3 is 0 Å². The van der Waals surface area contributed by atoms with Gasteiger partial charge in [0.15, 0.2) is 6.61 Å². The monoisotopic (exact) mass is 440 g/mol. The molecule has 0 saturated carbocycles. The minimum atomic E-state index is -3.31. The van der Waals surface area contributed by atoms with Gasteiger partial charge in [-0.25, -0.2) is 8.42 Å². The summed E-state index contributed by atoms with van der Waals surface area (Å²) in [7, 11) is -1.84. The number of nitrogens with zero attached hydrogens (tertiary/aromatic N) is 1. The number of anilines is 1. The molecule has 26 heavy (non-hydrogen) atoms. The van der Waals surface area contributed by atoms with Crippen LogP contribution in [0.1, 0.15) is 18.5 Å². The number of benzene rings is 2. The maximum atomic E-state index is 12.1. The number of carbonyl (C=O) groups excluding carboxylic acids is 1. The molecule has 0 fully saturated rings. The Kier molecular flexibility index (Phi) is 6.66. The number of nitrogens with one attached hydrogen (secondary N) is 1. The van der Waals surface area contributed by atoms with Gasteiger partial charge < -0.3 is 10.1 Å². The number of halogens is 1. The molecule has 0 spiro atoms. The molecule has 1 atom stereocenters. The molecule has 0 heterocycles. The molecule has 1 unspecified atom stereocenters. The van der Waals surface area contributed by atoms with Crippen molar-refractivity contribution in [2.45, 2.75) is 13.0 Å². The van der Waals surface area contributed by atoms with Gasteiger partial charge in [-0.05, 0) is 48.9 Å². The van der Waals surface area contributed by atoms with E-state index in [-0.39, 0.29) is 18.6 Å². The van der Waals surface area contributed by atoms with Crippen LogP contribution in [0.15, 0.2) is 53.0 Å². The molecule has 0 aliphatic heterocycles. The molecule has 0 saturated heterocycles. The van der Waals surface area contributed by atoms with Crippen LogP contribution in [0.4, 0.5) is 5.69 Å². The molecule has 6 nitrogen and oxygen atoms in total. The number of rotatable bonds is 7. The molecule has 2 aromatic rings. The average Bonchev–Trinajstić information content (AvgIpc) is 2.59. The lowest BCUT2D eigenvalue weighted by molar-refractivity contribution is -0.123. The van der Waals surface area contributed by atoms with E-state index in [4.69, 9.17) is 4.74 Å². The second-order valence-electron chi connectivity index (χ2n) is 5.86. The maximum Gasteiger partial charge on any atom is 0.258 e. The van der Waals surface area contributed by atoms with E-state index in [0.717, 1.165) is 16.3 Å². The number of ether oxygens (including phenoxy) is 1. The maximum absolute atomic E-state index is 12.1. The number of hydrogen-bond donors (Lipinski definition) is 1. The minimum absolute atomic E-state index is 0.125. The molecule has 2 aromatic carbocycles. The molecular formula is C18H21BrN2O4S. The zero-order valence-corrected chi connectivity index (χ0v) is 17.2. The Labute approximate surface area is 162 Å². The highest BCUT2D eigenvalue weighted by Gasteiger charge is 2.13. The lowest BCUT2D eigenvalue weighted by atomic mass is 10.1. The summed E-state index contributed by atoms with van der Waals surface area (Å²) >= 11 is 3.41. The van der Waals surface area contributed by atoms with E-state index in [1.54, 1.807) is 24.3 Å². The molecule has 0 aliphatic rings. The molecule has 140 valence electrons. The molecule has 0 bridgehead atoms. The molecule has 2 rings (SSSR count). The second kappa shape index (κ2) is 8.55. The van der Waals surface area contributed by atoms with Gasteiger partial charge in [-0.1, -0.05) is 28.1 Å². The smallest absolute Gasteiger partial charge is 0.258 e. The number of carbonyl (C=O) groups is 1. The lowest BCUT2D eigenvalue weighted by Gasteiger charge is -2.17. The van der Waals surface area contributed by atoms with Crippen LogP contribution in [0.25, 0.3) is 0 Å². The summed E-state index contributed by atoms with van der Waals surface area (Å²) in [6.45, 7) is 1.77. The van der Waals surface area contributed by atoms with Crippen LogP contribution in [0, 0.1) is 0 Å². The van der Waals surface area contributed by atoms with Crippen molar-refractivity contribution in [3.05, 3.63) is 58.6 Å². The van der Waals surface area contributed by atoms with E-state index in [0.29, 0.717) is 11.4 Å². The van der Waals surface area contributed by atoms with E-state index in [1.165, 1.54) is 11.4 Å². The zero-order valence-electron chi connectivity index (χ0n) is 14.8. The van der Waals surface area contributed by atoms with Crippen molar-refractivity contribution in [1.82, 2.24) is 5.32 Å². The fraction of sp³-hybridized carbons (Fsp3) is 0.278. The van der Waals surface area contributed by atoms with Crippen LogP contribution < -0.4 is 14.4 Å². The SMILES string of the molecule is CC(NC(=O)COc1ccc(N(C)S(C)(=O)=O)cc1)c1cccc(Br)c1. The molecule has 8 heteroatoms. The van der Waals surface area contributed by atoms with Crippen LogP contribution in [0.3, 0.4) is 0 Å². The van der Waals surface area contributed by atoms with Crippen molar-refractivity contribution >= 4 is 37.5 Å². The van der Waals surface area contributed by atoms with E-state index in [2.05, 4.69) is 21.2 Å². The molecule has 0 radical (unpaired) electrons. The summed E-state index contributed by atoms with van der Waals surface area (Å²) in [5.74, 6) is 0.246. The standard InChI is InChI=1S/C18H21BrN2O4S/c1-13(14-5-4-6-15(19)11-14)20-18(22)12-25-17-9-7-16(8-10-17)21(2)26(3,23)24/h4-11,13H,12H2,1-3H3,(H,20,22). The highest BCUT2D eigenvalue weighted by molar-refractivity contribution is 9.10. The summed E-state index contributed by atoms with van der Waals surface area (Å²) in [5, 5.41) is 2.87. The molecule has 0 aliphatic carbocycles. The fourth-order valence-corrected chi connectivity index (χ4v) is 3.16. The summed E-state index contributed by atoms with van der Waals surface area (Å²) in [6, 6.07) is 14.1. The lowest BCUT2D eigenvalue weighted by Crippen LogP contribution is -2.31. The van der Waals surface area contributed by atoms with Crippen molar-refractivity contribution in [3.63, 3.8) is 0 Å². The molecule has 1 N–H and O–H groups in total. The van der Waals surface area contributed by atoms with Gasteiger partial charge in [0, 0.05) is 11.5 Å². The number of amides is 1. The third-order valence-electron chi connectivity index (χ3n) is 3.79. The highest BCUT2D eigenvalue weighted by Crippen LogP contribution is 2.20. The van der Waals surface area contributed by atoms with E-state index >= 15 is 0 Å². The Morgan fingerprint density at radius 3 is 2.46 bits per heavy atom. The van der Waals surface area contributed by atoms with Gasteiger partial charge in [-0.3, -0.25) is 9.10 Å². The quantitative estimate of drug-likeness (QED) is 0.717. The van der Waals surface area contributed by atoms with Gasteiger partial charge in [0.2, 0.25) is 10.0 Å². The minimum Gasteiger partial charge on any atom is -0.484 e. The average molecular weight is 441 g/mol. The third-order valence-corrected chi connectivity index (χ3v) is 5.49. The first-order chi connectivity index (χ1) is 12.2. The molecular weight excluding hydrogens is 420 g/mol. The summed E-state index contributed by atoms with van der Waals surface area (Å²) in [6.07, 6.45) is 1.13. The van der Waals surface area contributed by atoms with Gasteiger partial charge in [-0.15, -0.1) is 0 Å². The van der Waals surface area contributed by atoms with Crippen LogP contribution in [-0.4, -0.2) is 34.2 Å². The third kappa shape index (κ3) is 5.74. The van der Waals surface area contributed by atoms with Crippen molar-refractivity contribution < 1.29 is 17.9 Å². The Bertz CT molecular complexity index is 869. The summed E-state index contributed by atoms with van der Waals surface area (Å²) in [4.78, 5) is 12.1. The van der Waals surface area contributed by atoms with Crippen LogP contribution in [0.2, 0.25) is 0 Å². The van der Waals surface area contributed by atoms with Crippen molar-refractivity contribution in [2.75, 3.05) is 24.2 Å². The van der Waals surface area contributed by atoms with Crippen molar-refractivity contribution in [3.8, 4) is 5.75 Å². The van der Waals surface area contributed by atoms with E-state index in [9.17, 15) is 13.2 Å². The van der Waals surface area contributed by atoms with Crippen LogP contribution >= 0.6 is 15.9 Å². The summed E-state index contributed by atoms with van der Waals surface area (Å²) in [5.41, 5.74) is 1.51. The van der Waals surface area contributed by atoms with Gasteiger partial charge in [0.1, 0.15) is 5.75 Å². The molecule has 1 amide bonds. The zero-order chi connectivity index (χ0) is 19.3. The fourth-order valence-electron chi connectivity index (χ4n) is 2.24. The Hall–Kier alpha value is -2.06. The second-order valence-corrected chi connectivity index (χ2v) is 8.79. The van der Waals surface area contributed by atoms with E-state index in [1.807, 2.05) is 31.2 Å². The number of hydrogen-bond acceptors (Lipinski definition) is 4. The number of sulfonamides is 1. The largest absolute Gasteiger partial charge is 0.484 e. The van der Waals surface area contributed by atoms with Crippen LogP contribution in [-0.2, 0) is 14.8 Å². The highest BCUT2D eigenvalue weighted by atomic mass is 79.9. The van der Waals surface area contributed by atoms with E-state index < -0.39 is 10.0 Å². The first kappa shape index (κ1) is 20.3. The first-order valence-electron chi connectivity index (χ1n) is 7.88. The first-order valence-corrected chi connectivity index (χ1v) is 10.5. The Morgan fingerprint density at radius 1 is 1.23 bits per heavy atom. The summed E-state index contributed by atoms with van der Waals surface area (Å²) < 4.78 is 30.6. The van der Waals surface area contributed by atoms with Crippen LogP contribution in [0.5, 0.6) is 5.75 Å². The topological polar surface area (TPSA) is 75.7 Å². The Morgan fingerprint density at radius 2 is 1.88 bits per heavy atom. The molecule has 0 aromatic heterocycles. The predicted molar refractivity (Wildman–Crippen MR) is 106 cm³/mol. The van der Waals surface area contributed by atoms with Gasteiger partial charge in [0.05, 0.1) is 18.0 Å². The Balaban J connectivity index is 1.89. The van der Waals surface area contributed by atoms with Gasteiger partial charge in [0.25, 0.3) is 5.91 Å².